The van der Waals surface area contributed by atoms with Crippen molar-refractivity contribution in [1.29, 1.82) is 0 Å². The Morgan fingerprint density at radius 1 is 1.43 bits per heavy atom. The van der Waals surface area contributed by atoms with Crippen LogP contribution in [0.15, 0.2) is 24.3 Å². The van der Waals surface area contributed by atoms with E-state index >= 15 is 0 Å². The van der Waals surface area contributed by atoms with Gasteiger partial charge in [0.25, 0.3) is 0 Å². The van der Waals surface area contributed by atoms with Crippen molar-refractivity contribution in [2.45, 2.75) is 46.1 Å². The molecule has 0 bridgehead atoms. The Kier molecular flexibility index (Phi) is 7.30. The molecule has 0 saturated heterocycles. The van der Waals surface area contributed by atoms with Crippen LogP contribution in [0, 0.1) is 0 Å². The maximum Gasteiger partial charge on any atom is 0.328 e. The number of hydrogen-bond donors (Lipinski definition) is 1. The second-order valence-corrected chi connectivity index (χ2v) is 5.56. The first kappa shape index (κ1) is 17.6. The van der Waals surface area contributed by atoms with E-state index in [1.54, 1.807) is 6.08 Å². The number of anilines is 1. The highest BCUT2D eigenvalue weighted by molar-refractivity contribution is 6.33. The molecule has 0 aromatic heterocycles. The van der Waals surface area contributed by atoms with Crippen LogP contribution in [0.1, 0.15) is 45.6 Å². The van der Waals surface area contributed by atoms with Crippen LogP contribution < -0.4 is 4.90 Å². The first-order valence-electron chi connectivity index (χ1n) is 7.47. The number of rotatable bonds is 8. The fraction of sp³-hybridized carbons (Fsp3) is 0.471. The lowest BCUT2D eigenvalue weighted by Gasteiger charge is -2.33. The minimum absolute atomic E-state index is 0.355. The Hall–Kier alpha value is -1.48. The van der Waals surface area contributed by atoms with Crippen molar-refractivity contribution in [2.75, 3.05) is 11.4 Å². The minimum Gasteiger partial charge on any atom is -0.478 e. The Morgan fingerprint density at radius 2 is 2.14 bits per heavy atom. The fourth-order valence-electron chi connectivity index (χ4n) is 2.23. The van der Waals surface area contributed by atoms with Crippen molar-refractivity contribution in [3.8, 4) is 0 Å². The normalized spacial score (nSPS) is 12.6. The summed E-state index contributed by atoms with van der Waals surface area (Å²) >= 11 is 6.40. The molecule has 0 saturated carbocycles. The van der Waals surface area contributed by atoms with Crippen LogP contribution >= 0.6 is 11.6 Å². The van der Waals surface area contributed by atoms with Crippen LogP contribution in [-0.4, -0.2) is 23.7 Å². The summed E-state index contributed by atoms with van der Waals surface area (Å²) in [6.45, 7) is 7.40. The summed E-state index contributed by atoms with van der Waals surface area (Å²) in [5.74, 6) is -0.954. The van der Waals surface area contributed by atoms with Gasteiger partial charge in [-0.2, -0.15) is 0 Å². The maximum atomic E-state index is 10.8. The molecule has 4 heteroatoms. The predicted octanol–water partition coefficient (Wildman–Crippen LogP) is 4.84. The lowest BCUT2D eigenvalue weighted by atomic mass is 10.1. The smallest absolute Gasteiger partial charge is 0.328 e. The summed E-state index contributed by atoms with van der Waals surface area (Å²) in [5.41, 5.74) is 1.78. The molecule has 116 valence electrons. The van der Waals surface area contributed by atoms with Gasteiger partial charge in [0, 0.05) is 18.7 Å². The number of carboxylic acid groups (broad SMARTS) is 1. The Labute approximate surface area is 132 Å². The standard InChI is InChI=1S/C17H24ClNO2/c1-4-6-12-19(13(3)5-2)17-14(10-11-16(20)21)8-7-9-15(17)18/h7-11,13H,4-6,12H2,1-3H3,(H,20,21)/b11-10+. The Balaban J connectivity index is 3.24. The number of aliphatic carboxylic acids is 1. The topological polar surface area (TPSA) is 40.5 Å². The largest absolute Gasteiger partial charge is 0.478 e. The molecule has 0 aliphatic heterocycles. The number of nitrogens with zero attached hydrogens (tertiary/aromatic N) is 1. The Bertz CT molecular complexity index is 500. The lowest BCUT2D eigenvalue weighted by Crippen LogP contribution is -2.34. The van der Waals surface area contributed by atoms with E-state index in [1.165, 1.54) is 0 Å². The molecule has 1 rings (SSSR count). The lowest BCUT2D eigenvalue weighted by molar-refractivity contribution is -0.131. The van der Waals surface area contributed by atoms with Gasteiger partial charge < -0.3 is 10.0 Å². The van der Waals surface area contributed by atoms with Crippen molar-refractivity contribution in [1.82, 2.24) is 0 Å². The average molecular weight is 310 g/mol. The predicted molar refractivity (Wildman–Crippen MR) is 90.1 cm³/mol. The van der Waals surface area contributed by atoms with Crippen molar-refractivity contribution in [3.63, 3.8) is 0 Å². The third kappa shape index (κ3) is 5.09. The zero-order chi connectivity index (χ0) is 15.8. The molecular weight excluding hydrogens is 286 g/mol. The summed E-state index contributed by atoms with van der Waals surface area (Å²) in [6, 6.07) is 5.97. The van der Waals surface area contributed by atoms with Crippen molar-refractivity contribution in [3.05, 3.63) is 34.9 Å². The van der Waals surface area contributed by atoms with Crippen molar-refractivity contribution < 1.29 is 9.90 Å². The van der Waals surface area contributed by atoms with Crippen LogP contribution in [0.3, 0.4) is 0 Å². The number of unbranched alkanes of at least 4 members (excludes halogenated alkanes) is 1. The van der Waals surface area contributed by atoms with Crippen molar-refractivity contribution in [2.24, 2.45) is 0 Å². The molecule has 3 nitrogen and oxygen atoms in total. The van der Waals surface area contributed by atoms with Gasteiger partial charge >= 0.3 is 5.97 Å². The summed E-state index contributed by atoms with van der Waals surface area (Å²) in [5, 5.41) is 9.50. The van der Waals surface area contributed by atoms with E-state index in [1.807, 2.05) is 18.2 Å². The molecule has 0 heterocycles. The fourth-order valence-corrected chi connectivity index (χ4v) is 2.52. The van der Waals surface area contributed by atoms with E-state index in [2.05, 4.69) is 25.7 Å². The highest BCUT2D eigenvalue weighted by atomic mass is 35.5. The second-order valence-electron chi connectivity index (χ2n) is 5.15. The molecule has 1 unspecified atom stereocenters. The molecule has 1 aromatic rings. The van der Waals surface area contributed by atoms with Gasteiger partial charge in [0.05, 0.1) is 10.7 Å². The van der Waals surface area contributed by atoms with Crippen LogP contribution in [0.5, 0.6) is 0 Å². The summed E-state index contributed by atoms with van der Waals surface area (Å²) in [4.78, 5) is 13.1. The summed E-state index contributed by atoms with van der Waals surface area (Å²) in [6.07, 6.45) is 5.97. The van der Waals surface area contributed by atoms with Gasteiger partial charge in [-0.25, -0.2) is 4.79 Å². The monoisotopic (exact) mass is 309 g/mol. The molecule has 1 aromatic carbocycles. The third-order valence-electron chi connectivity index (χ3n) is 3.59. The molecule has 1 atom stereocenters. The maximum absolute atomic E-state index is 10.8. The zero-order valence-electron chi connectivity index (χ0n) is 13.0. The van der Waals surface area contributed by atoms with Gasteiger partial charge in [0.2, 0.25) is 0 Å². The molecular formula is C17H24ClNO2. The first-order chi connectivity index (χ1) is 10.0. The van der Waals surface area contributed by atoms with Gasteiger partial charge in [0.15, 0.2) is 0 Å². The van der Waals surface area contributed by atoms with Gasteiger partial charge in [0.1, 0.15) is 0 Å². The third-order valence-corrected chi connectivity index (χ3v) is 3.89. The molecule has 0 aliphatic carbocycles. The first-order valence-corrected chi connectivity index (χ1v) is 7.85. The van der Waals surface area contributed by atoms with Gasteiger partial charge in [-0.15, -0.1) is 0 Å². The number of para-hydroxylation sites is 1. The van der Waals surface area contributed by atoms with Crippen LogP contribution in [0.4, 0.5) is 5.69 Å². The number of carboxylic acids is 1. The van der Waals surface area contributed by atoms with E-state index < -0.39 is 5.97 Å². The highest BCUT2D eigenvalue weighted by Crippen LogP contribution is 2.33. The van der Waals surface area contributed by atoms with Crippen molar-refractivity contribution >= 4 is 29.3 Å². The van der Waals surface area contributed by atoms with E-state index in [0.29, 0.717) is 11.1 Å². The van der Waals surface area contributed by atoms with E-state index in [0.717, 1.165) is 43.1 Å². The van der Waals surface area contributed by atoms with Crippen LogP contribution in [-0.2, 0) is 4.79 Å². The molecule has 0 aliphatic rings. The molecule has 0 amide bonds. The summed E-state index contributed by atoms with van der Waals surface area (Å²) in [7, 11) is 0. The van der Waals surface area contributed by atoms with Gasteiger partial charge in [-0.3, -0.25) is 0 Å². The Morgan fingerprint density at radius 3 is 2.71 bits per heavy atom. The average Bonchev–Trinajstić information content (AvgIpc) is 2.46. The number of hydrogen-bond acceptors (Lipinski definition) is 2. The van der Waals surface area contributed by atoms with E-state index in [4.69, 9.17) is 16.7 Å². The van der Waals surface area contributed by atoms with E-state index in [-0.39, 0.29) is 0 Å². The van der Waals surface area contributed by atoms with Gasteiger partial charge in [-0.1, -0.05) is 44.0 Å². The van der Waals surface area contributed by atoms with Gasteiger partial charge in [-0.05, 0) is 37.5 Å². The van der Waals surface area contributed by atoms with Crippen LogP contribution in [0.25, 0.3) is 6.08 Å². The number of carbonyl (C=O) groups is 1. The number of benzene rings is 1. The zero-order valence-corrected chi connectivity index (χ0v) is 13.7. The molecule has 1 N–H and O–H groups in total. The SMILES string of the molecule is CCCCN(c1c(Cl)cccc1/C=C/C(=O)O)C(C)CC. The quantitative estimate of drug-likeness (QED) is 0.698. The highest BCUT2D eigenvalue weighted by Gasteiger charge is 2.18. The van der Waals surface area contributed by atoms with Crippen LogP contribution in [0.2, 0.25) is 5.02 Å². The molecule has 0 spiro atoms. The molecule has 0 radical (unpaired) electrons. The molecule has 0 fully saturated rings. The molecule has 21 heavy (non-hydrogen) atoms. The second kappa shape index (κ2) is 8.73. The minimum atomic E-state index is -0.954. The number of halogens is 1. The van der Waals surface area contributed by atoms with E-state index in [9.17, 15) is 4.79 Å². The summed E-state index contributed by atoms with van der Waals surface area (Å²) < 4.78 is 0.